The van der Waals surface area contributed by atoms with Crippen LogP contribution >= 0.6 is 0 Å². The Morgan fingerprint density at radius 3 is 2.76 bits per heavy atom. The van der Waals surface area contributed by atoms with E-state index in [1.165, 1.54) is 6.42 Å². The first-order valence-electron chi connectivity index (χ1n) is 8.87. The standard InChI is InChI=1S/C16H18N6.C2HF3O2/c1-2-7-22-15(5-1)13(9-19-22)14-10-18-11-16(21-14)20-12-4-3-6-17-8-12;3-2(4,5)1(6)7/h1-2,5,7,9-12,17H,3-4,6,8H2,(H,20,21);(H,6,7)/t12-;/m1./s1. The zero-order valence-electron chi connectivity index (χ0n) is 15.2. The number of alkyl halides is 3. The van der Waals surface area contributed by atoms with Crippen molar-refractivity contribution >= 4 is 17.3 Å². The van der Waals surface area contributed by atoms with Gasteiger partial charge in [-0.15, -0.1) is 0 Å². The zero-order chi connectivity index (χ0) is 20.9. The number of rotatable bonds is 3. The molecule has 3 aromatic heterocycles. The van der Waals surface area contributed by atoms with Gasteiger partial charge in [0.1, 0.15) is 5.82 Å². The molecule has 1 aliphatic heterocycles. The first-order valence-corrected chi connectivity index (χ1v) is 8.87. The van der Waals surface area contributed by atoms with Gasteiger partial charge in [-0.05, 0) is 31.5 Å². The number of halogens is 3. The summed E-state index contributed by atoms with van der Waals surface area (Å²) in [6.07, 6.45) is 4.61. The molecule has 0 saturated carbocycles. The second-order valence-corrected chi connectivity index (χ2v) is 6.37. The summed E-state index contributed by atoms with van der Waals surface area (Å²) in [6, 6.07) is 6.42. The van der Waals surface area contributed by atoms with Crippen LogP contribution in [0.25, 0.3) is 16.8 Å². The van der Waals surface area contributed by atoms with Gasteiger partial charge < -0.3 is 15.7 Å². The van der Waals surface area contributed by atoms with Gasteiger partial charge in [0.15, 0.2) is 0 Å². The third-order valence-corrected chi connectivity index (χ3v) is 4.23. The maximum absolute atomic E-state index is 10.6. The summed E-state index contributed by atoms with van der Waals surface area (Å²) in [5.41, 5.74) is 2.88. The molecule has 0 aliphatic carbocycles. The Morgan fingerprint density at radius 2 is 2.07 bits per heavy atom. The molecule has 8 nitrogen and oxygen atoms in total. The lowest BCUT2D eigenvalue weighted by Crippen LogP contribution is -2.38. The molecule has 0 amide bonds. The monoisotopic (exact) mass is 408 g/mol. The van der Waals surface area contributed by atoms with Crippen molar-refractivity contribution in [1.82, 2.24) is 24.9 Å². The molecule has 0 unspecified atom stereocenters. The van der Waals surface area contributed by atoms with Gasteiger partial charge in [-0.25, -0.2) is 14.3 Å². The molecule has 4 heterocycles. The maximum Gasteiger partial charge on any atom is 0.490 e. The molecule has 1 fully saturated rings. The van der Waals surface area contributed by atoms with Crippen LogP contribution in [0.5, 0.6) is 0 Å². The number of hydrogen-bond acceptors (Lipinski definition) is 6. The lowest BCUT2D eigenvalue weighted by atomic mass is 10.1. The van der Waals surface area contributed by atoms with Crippen molar-refractivity contribution in [3.05, 3.63) is 43.0 Å². The number of hydrogen-bond donors (Lipinski definition) is 3. The van der Waals surface area contributed by atoms with E-state index < -0.39 is 12.1 Å². The van der Waals surface area contributed by atoms with E-state index in [-0.39, 0.29) is 0 Å². The van der Waals surface area contributed by atoms with Crippen molar-refractivity contribution in [3.63, 3.8) is 0 Å². The number of aromatic nitrogens is 4. The Labute approximate surface area is 163 Å². The second-order valence-electron chi connectivity index (χ2n) is 6.37. The van der Waals surface area contributed by atoms with Gasteiger partial charge in [0, 0.05) is 24.3 Å². The van der Waals surface area contributed by atoms with Gasteiger partial charge >= 0.3 is 12.1 Å². The maximum atomic E-state index is 10.6. The summed E-state index contributed by atoms with van der Waals surface area (Å²) in [5, 5.41) is 18.3. The fourth-order valence-corrected chi connectivity index (χ4v) is 2.88. The van der Waals surface area contributed by atoms with E-state index in [1.807, 2.05) is 35.1 Å². The summed E-state index contributed by atoms with van der Waals surface area (Å²) < 4.78 is 33.6. The second kappa shape index (κ2) is 8.86. The van der Waals surface area contributed by atoms with Crippen molar-refractivity contribution in [2.45, 2.75) is 25.1 Å². The largest absolute Gasteiger partial charge is 0.490 e. The van der Waals surface area contributed by atoms with Crippen LogP contribution in [-0.4, -0.2) is 56.0 Å². The SMILES string of the molecule is O=C(O)C(F)(F)F.c1ccn2ncc(-c3cncc(N[C@@H]4CCCNC4)n3)c2c1. The normalized spacial score (nSPS) is 16.7. The van der Waals surface area contributed by atoms with Crippen molar-refractivity contribution in [3.8, 4) is 11.3 Å². The molecule has 154 valence electrons. The smallest absolute Gasteiger partial charge is 0.475 e. The molecule has 3 N–H and O–H groups in total. The predicted octanol–water partition coefficient (Wildman–Crippen LogP) is 2.59. The van der Waals surface area contributed by atoms with E-state index in [0.29, 0.717) is 6.04 Å². The molecule has 3 aromatic rings. The van der Waals surface area contributed by atoms with Gasteiger partial charge in [-0.3, -0.25) is 4.98 Å². The molecular weight excluding hydrogens is 389 g/mol. The number of carboxylic acids is 1. The Kier molecular flexibility index (Phi) is 6.27. The van der Waals surface area contributed by atoms with E-state index in [2.05, 4.69) is 20.7 Å². The van der Waals surface area contributed by atoms with Crippen LogP contribution in [0.1, 0.15) is 12.8 Å². The molecule has 29 heavy (non-hydrogen) atoms. The van der Waals surface area contributed by atoms with Gasteiger partial charge in [0.05, 0.1) is 29.8 Å². The quantitative estimate of drug-likeness (QED) is 0.612. The van der Waals surface area contributed by atoms with Crippen molar-refractivity contribution in [2.24, 2.45) is 0 Å². The van der Waals surface area contributed by atoms with Gasteiger partial charge in [-0.2, -0.15) is 18.3 Å². The van der Waals surface area contributed by atoms with E-state index in [9.17, 15) is 13.2 Å². The van der Waals surface area contributed by atoms with Gasteiger partial charge in [0.2, 0.25) is 0 Å². The number of piperidine rings is 1. The van der Waals surface area contributed by atoms with E-state index >= 15 is 0 Å². The first-order chi connectivity index (χ1) is 13.8. The Morgan fingerprint density at radius 1 is 1.28 bits per heavy atom. The summed E-state index contributed by atoms with van der Waals surface area (Å²) in [4.78, 5) is 17.9. The van der Waals surface area contributed by atoms with Crippen LogP contribution in [0.4, 0.5) is 19.0 Å². The number of carboxylic acid groups (broad SMARTS) is 1. The fraction of sp³-hybridized carbons (Fsp3) is 0.333. The molecule has 0 radical (unpaired) electrons. The molecule has 0 bridgehead atoms. The molecule has 4 rings (SSSR count). The highest BCUT2D eigenvalue weighted by Gasteiger charge is 2.38. The lowest BCUT2D eigenvalue weighted by Gasteiger charge is -2.24. The first kappa shape index (κ1) is 20.5. The molecular formula is C18H19F3N6O2. The number of fused-ring (bicyclic) bond motifs is 1. The summed E-state index contributed by atoms with van der Waals surface area (Å²) in [7, 11) is 0. The van der Waals surface area contributed by atoms with Crippen LogP contribution in [0, 0.1) is 0 Å². The van der Waals surface area contributed by atoms with Gasteiger partial charge in [-0.1, -0.05) is 6.07 Å². The van der Waals surface area contributed by atoms with Crippen LogP contribution in [-0.2, 0) is 4.79 Å². The number of carbonyl (C=O) groups is 1. The third kappa shape index (κ3) is 5.41. The Balaban J connectivity index is 0.000000298. The highest BCUT2D eigenvalue weighted by Crippen LogP contribution is 2.23. The molecule has 1 atom stereocenters. The fourth-order valence-electron chi connectivity index (χ4n) is 2.88. The Bertz CT molecular complexity index is 969. The number of nitrogens with zero attached hydrogens (tertiary/aromatic N) is 4. The molecule has 0 aromatic carbocycles. The average molecular weight is 408 g/mol. The molecule has 0 spiro atoms. The highest BCUT2D eigenvalue weighted by molar-refractivity contribution is 5.77. The van der Waals surface area contributed by atoms with Crippen LogP contribution in [0.15, 0.2) is 43.0 Å². The molecule has 1 aliphatic rings. The summed E-state index contributed by atoms with van der Waals surface area (Å²) >= 11 is 0. The van der Waals surface area contributed by atoms with Gasteiger partial charge in [0.25, 0.3) is 0 Å². The van der Waals surface area contributed by atoms with Crippen LogP contribution in [0.3, 0.4) is 0 Å². The molecule has 11 heteroatoms. The minimum Gasteiger partial charge on any atom is -0.475 e. The molecule has 1 saturated heterocycles. The number of nitrogens with one attached hydrogen (secondary N) is 2. The van der Waals surface area contributed by atoms with E-state index in [0.717, 1.165) is 42.1 Å². The van der Waals surface area contributed by atoms with E-state index in [1.54, 1.807) is 12.4 Å². The van der Waals surface area contributed by atoms with Crippen molar-refractivity contribution < 1.29 is 23.1 Å². The van der Waals surface area contributed by atoms with E-state index in [4.69, 9.17) is 14.9 Å². The third-order valence-electron chi connectivity index (χ3n) is 4.23. The number of anilines is 1. The highest BCUT2D eigenvalue weighted by atomic mass is 19.4. The minimum atomic E-state index is -5.08. The van der Waals surface area contributed by atoms with Crippen LogP contribution < -0.4 is 10.6 Å². The summed E-state index contributed by atoms with van der Waals surface area (Å²) in [6.45, 7) is 2.08. The topological polar surface area (TPSA) is 104 Å². The summed E-state index contributed by atoms with van der Waals surface area (Å²) in [5.74, 6) is -1.94. The average Bonchev–Trinajstić information content (AvgIpc) is 3.13. The van der Waals surface area contributed by atoms with Crippen LogP contribution in [0.2, 0.25) is 0 Å². The lowest BCUT2D eigenvalue weighted by molar-refractivity contribution is -0.192. The Hall–Kier alpha value is -3.21. The van der Waals surface area contributed by atoms with Crippen molar-refractivity contribution in [1.29, 1.82) is 0 Å². The minimum absolute atomic E-state index is 0.419. The zero-order valence-corrected chi connectivity index (χ0v) is 15.2. The number of aliphatic carboxylic acids is 1. The predicted molar refractivity (Wildman–Crippen MR) is 99.4 cm³/mol. The number of pyridine rings is 1. The van der Waals surface area contributed by atoms with Crippen molar-refractivity contribution in [2.75, 3.05) is 18.4 Å².